The summed E-state index contributed by atoms with van der Waals surface area (Å²) in [5, 5.41) is 10.4. The number of anilines is 1. The number of rotatable bonds is 3. The molecule has 1 aliphatic rings. The quantitative estimate of drug-likeness (QED) is 0.817. The van der Waals surface area contributed by atoms with Crippen LogP contribution in [0, 0.1) is 0 Å². The molecule has 0 fully saturated rings. The van der Waals surface area contributed by atoms with Crippen LogP contribution in [0.1, 0.15) is 0 Å². The second-order valence-electron chi connectivity index (χ2n) is 3.21. The van der Waals surface area contributed by atoms with Gasteiger partial charge in [0.05, 0.1) is 6.20 Å². The molecule has 0 amide bonds. The number of carboxylic acids is 1. The first-order chi connectivity index (χ1) is 8.58. The summed E-state index contributed by atoms with van der Waals surface area (Å²) in [5.41, 5.74) is 2.71. The second-order valence-corrected chi connectivity index (χ2v) is 3.95. The van der Waals surface area contributed by atoms with Gasteiger partial charge in [-0.2, -0.15) is 4.98 Å². The number of carboxylic acid groups (broad SMARTS) is 1. The molecule has 0 aliphatic carbocycles. The van der Waals surface area contributed by atoms with Crippen molar-refractivity contribution in [2.24, 2.45) is 4.99 Å². The molecule has 1 atom stereocenters. The van der Waals surface area contributed by atoms with Gasteiger partial charge in [0.2, 0.25) is 11.4 Å². The molecule has 2 rings (SSSR count). The van der Waals surface area contributed by atoms with Gasteiger partial charge in [-0.15, -0.1) is 0 Å². The van der Waals surface area contributed by atoms with E-state index in [9.17, 15) is 4.79 Å². The lowest BCUT2D eigenvalue weighted by Gasteiger charge is -2.27. The van der Waals surface area contributed by atoms with E-state index in [1.54, 1.807) is 6.08 Å². The van der Waals surface area contributed by atoms with Crippen LogP contribution in [-0.2, 0) is 4.79 Å². The molecule has 2 heterocycles. The van der Waals surface area contributed by atoms with Gasteiger partial charge in [-0.05, 0) is 17.7 Å². The van der Waals surface area contributed by atoms with E-state index in [4.69, 9.17) is 28.3 Å². The molecule has 1 aromatic rings. The molecule has 0 spiro atoms. The third-order valence-electron chi connectivity index (χ3n) is 1.99. The molecule has 7 nitrogen and oxygen atoms in total. The highest BCUT2D eigenvalue weighted by Gasteiger charge is 2.24. The lowest BCUT2D eigenvalue weighted by atomic mass is 10.4. The molecule has 9 heteroatoms. The van der Waals surface area contributed by atoms with Crippen molar-refractivity contribution in [2.45, 2.75) is 6.17 Å². The Hall–Kier alpha value is -1.86. The first-order valence-electron chi connectivity index (χ1n) is 4.74. The van der Waals surface area contributed by atoms with E-state index >= 15 is 0 Å². The molecule has 0 aromatic carbocycles. The summed E-state index contributed by atoms with van der Waals surface area (Å²) in [6.07, 6.45) is 4.68. The Bertz CT molecular complexity index is 534. The maximum Gasteiger partial charge on any atom is 0.351 e. The Balaban J connectivity index is 2.22. The molecular weight excluding hydrogens is 281 g/mol. The van der Waals surface area contributed by atoms with E-state index in [2.05, 4.69) is 20.4 Å². The van der Waals surface area contributed by atoms with Crippen molar-refractivity contribution >= 4 is 41.2 Å². The van der Waals surface area contributed by atoms with Crippen LogP contribution in [0.3, 0.4) is 0 Å². The fourth-order valence-corrected chi connectivity index (χ4v) is 1.51. The van der Waals surface area contributed by atoms with Gasteiger partial charge in [0.1, 0.15) is 5.02 Å². The largest absolute Gasteiger partial charge is 0.478 e. The zero-order chi connectivity index (χ0) is 13.1. The fraction of sp³-hybridized carbons (Fsp3) is 0.111. The molecule has 0 saturated carbocycles. The standard InChI is InChI=1S/C9H7Cl2N5O2/c10-5-4-13-9(11)14-6(5)15-16-3-1-2-12-7(16)8(17)18/h1-4,7H,(H,17,18)(H,13,14,15). The fourth-order valence-electron chi connectivity index (χ4n) is 1.24. The smallest absolute Gasteiger partial charge is 0.351 e. The summed E-state index contributed by atoms with van der Waals surface area (Å²) < 4.78 is 0. The number of nitrogens with zero attached hydrogens (tertiary/aromatic N) is 4. The van der Waals surface area contributed by atoms with Crippen molar-refractivity contribution in [3.05, 3.63) is 28.8 Å². The molecule has 2 N–H and O–H groups in total. The SMILES string of the molecule is O=C(O)C1N=CC=CN1Nc1nc(Cl)ncc1Cl. The molecule has 1 unspecified atom stereocenters. The maximum absolute atomic E-state index is 11.0. The van der Waals surface area contributed by atoms with Crippen molar-refractivity contribution < 1.29 is 9.90 Å². The summed E-state index contributed by atoms with van der Waals surface area (Å²) in [6.45, 7) is 0. The summed E-state index contributed by atoms with van der Waals surface area (Å²) >= 11 is 11.5. The van der Waals surface area contributed by atoms with Crippen LogP contribution in [0.15, 0.2) is 23.5 Å². The molecular formula is C9H7Cl2N5O2. The predicted octanol–water partition coefficient (Wildman–Crippen LogP) is 1.42. The zero-order valence-electron chi connectivity index (χ0n) is 8.79. The highest BCUT2D eigenvalue weighted by atomic mass is 35.5. The topological polar surface area (TPSA) is 90.7 Å². The van der Waals surface area contributed by atoms with E-state index < -0.39 is 12.1 Å². The molecule has 1 aliphatic heterocycles. The maximum atomic E-state index is 11.0. The lowest BCUT2D eigenvalue weighted by Crippen LogP contribution is -2.41. The average molecular weight is 288 g/mol. The van der Waals surface area contributed by atoms with Crippen molar-refractivity contribution in [1.82, 2.24) is 15.0 Å². The lowest BCUT2D eigenvalue weighted by molar-refractivity contribution is -0.141. The number of aliphatic carboxylic acids is 1. The van der Waals surface area contributed by atoms with Gasteiger partial charge in [0.25, 0.3) is 0 Å². The van der Waals surface area contributed by atoms with Gasteiger partial charge in [-0.25, -0.2) is 9.78 Å². The van der Waals surface area contributed by atoms with Crippen LogP contribution in [0.5, 0.6) is 0 Å². The average Bonchev–Trinajstić information content (AvgIpc) is 2.34. The predicted molar refractivity (Wildman–Crippen MR) is 66.6 cm³/mol. The number of hydrogen-bond donors (Lipinski definition) is 2. The number of hydrazine groups is 1. The first-order valence-corrected chi connectivity index (χ1v) is 5.49. The molecule has 0 bridgehead atoms. The van der Waals surface area contributed by atoms with E-state index in [0.717, 1.165) is 0 Å². The monoisotopic (exact) mass is 287 g/mol. The number of allylic oxidation sites excluding steroid dienone is 1. The van der Waals surface area contributed by atoms with E-state index in [1.165, 1.54) is 23.6 Å². The van der Waals surface area contributed by atoms with Crippen LogP contribution in [0.4, 0.5) is 5.82 Å². The minimum absolute atomic E-state index is 0.00161. The molecule has 1 aromatic heterocycles. The Labute approximate surface area is 112 Å². The van der Waals surface area contributed by atoms with Gasteiger partial charge >= 0.3 is 5.97 Å². The van der Waals surface area contributed by atoms with Crippen molar-refractivity contribution in [2.75, 3.05) is 5.43 Å². The molecule has 18 heavy (non-hydrogen) atoms. The van der Waals surface area contributed by atoms with E-state index in [-0.39, 0.29) is 16.1 Å². The Morgan fingerprint density at radius 1 is 1.50 bits per heavy atom. The Kier molecular flexibility index (Phi) is 3.63. The number of nitrogens with one attached hydrogen (secondary N) is 1. The van der Waals surface area contributed by atoms with Gasteiger partial charge in [0, 0.05) is 12.4 Å². The highest BCUT2D eigenvalue weighted by molar-refractivity contribution is 6.33. The summed E-state index contributed by atoms with van der Waals surface area (Å²) in [6, 6.07) is 0. The Morgan fingerprint density at radius 3 is 3.00 bits per heavy atom. The van der Waals surface area contributed by atoms with Crippen LogP contribution >= 0.6 is 23.2 Å². The number of aromatic nitrogens is 2. The third kappa shape index (κ3) is 2.69. The summed E-state index contributed by atoms with van der Waals surface area (Å²) in [5.74, 6) is -0.913. The molecule has 0 radical (unpaired) electrons. The second kappa shape index (κ2) is 5.19. The van der Waals surface area contributed by atoms with E-state index in [1.807, 2.05) is 0 Å². The van der Waals surface area contributed by atoms with E-state index in [0.29, 0.717) is 0 Å². The summed E-state index contributed by atoms with van der Waals surface area (Å²) in [7, 11) is 0. The molecule has 0 saturated heterocycles. The minimum atomic E-state index is -1.11. The van der Waals surface area contributed by atoms with Gasteiger partial charge in [-0.3, -0.25) is 15.4 Å². The number of carbonyl (C=O) groups is 1. The zero-order valence-corrected chi connectivity index (χ0v) is 10.3. The molecule has 94 valence electrons. The van der Waals surface area contributed by atoms with Crippen molar-refractivity contribution in [1.29, 1.82) is 0 Å². The van der Waals surface area contributed by atoms with Gasteiger partial charge < -0.3 is 5.11 Å². The van der Waals surface area contributed by atoms with Gasteiger partial charge in [-0.1, -0.05) is 11.6 Å². The first kappa shape index (κ1) is 12.6. The van der Waals surface area contributed by atoms with Crippen LogP contribution in [0.2, 0.25) is 10.3 Å². The number of hydrogen-bond acceptors (Lipinski definition) is 6. The van der Waals surface area contributed by atoms with Gasteiger partial charge in [0.15, 0.2) is 5.82 Å². The minimum Gasteiger partial charge on any atom is -0.478 e. The number of halogens is 2. The van der Waals surface area contributed by atoms with Crippen LogP contribution in [-0.4, -0.2) is 38.4 Å². The summed E-state index contributed by atoms with van der Waals surface area (Å²) in [4.78, 5) is 22.3. The Morgan fingerprint density at radius 2 is 2.28 bits per heavy atom. The van der Waals surface area contributed by atoms with Crippen LogP contribution < -0.4 is 5.43 Å². The normalized spacial score (nSPS) is 17.9. The van der Waals surface area contributed by atoms with Crippen molar-refractivity contribution in [3.63, 3.8) is 0 Å². The number of aliphatic imine (C=N–C) groups is 1. The third-order valence-corrected chi connectivity index (χ3v) is 2.45. The highest BCUT2D eigenvalue weighted by Crippen LogP contribution is 2.21. The van der Waals surface area contributed by atoms with Crippen LogP contribution in [0.25, 0.3) is 0 Å². The van der Waals surface area contributed by atoms with Crippen molar-refractivity contribution in [3.8, 4) is 0 Å².